The van der Waals surface area contributed by atoms with E-state index in [1.54, 1.807) is 13.0 Å². The Hall–Kier alpha value is -1.16. The molecule has 0 aliphatic heterocycles. The Morgan fingerprint density at radius 2 is 2.15 bits per heavy atom. The second-order valence-corrected chi connectivity index (χ2v) is 3.13. The van der Waals surface area contributed by atoms with Crippen molar-refractivity contribution >= 4 is 18.6 Å². The van der Waals surface area contributed by atoms with Crippen molar-refractivity contribution in [2.24, 2.45) is 0 Å². The van der Waals surface area contributed by atoms with E-state index in [0.29, 0.717) is 16.0 Å². The number of esters is 1. The molecular formula is C9H10O3S. The molecule has 0 fully saturated rings. The maximum atomic E-state index is 11.1. The smallest absolute Gasteiger partial charge is 0.337 e. The summed E-state index contributed by atoms with van der Waals surface area (Å²) in [5, 5.41) is 9.36. The van der Waals surface area contributed by atoms with Gasteiger partial charge in [0.25, 0.3) is 0 Å². The van der Waals surface area contributed by atoms with Crippen LogP contribution in [0.2, 0.25) is 0 Å². The zero-order valence-corrected chi connectivity index (χ0v) is 8.26. The van der Waals surface area contributed by atoms with Crippen molar-refractivity contribution in [1.82, 2.24) is 0 Å². The Morgan fingerprint density at radius 3 is 2.62 bits per heavy atom. The highest BCUT2D eigenvalue weighted by molar-refractivity contribution is 7.80. The molecule has 1 rings (SSSR count). The fourth-order valence-electron chi connectivity index (χ4n) is 0.997. The summed E-state index contributed by atoms with van der Waals surface area (Å²) in [5.41, 5.74) is 0.996. The largest absolute Gasteiger partial charge is 0.507 e. The Balaban J connectivity index is 3.20. The third-order valence-electron chi connectivity index (χ3n) is 1.70. The van der Waals surface area contributed by atoms with Gasteiger partial charge in [0.05, 0.1) is 12.7 Å². The first kappa shape index (κ1) is 9.92. The third-order valence-corrected chi connectivity index (χ3v) is 2.04. The van der Waals surface area contributed by atoms with E-state index in [1.807, 2.05) is 0 Å². The Kier molecular flexibility index (Phi) is 2.83. The summed E-state index contributed by atoms with van der Waals surface area (Å²) in [7, 11) is 1.31. The number of ether oxygens (including phenoxy) is 1. The molecule has 4 heteroatoms. The van der Waals surface area contributed by atoms with Crippen LogP contribution in [-0.2, 0) is 4.74 Å². The molecular weight excluding hydrogens is 188 g/mol. The molecule has 1 N–H and O–H groups in total. The number of aryl methyl sites for hydroxylation is 1. The van der Waals surface area contributed by atoms with Gasteiger partial charge >= 0.3 is 5.97 Å². The van der Waals surface area contributed by atoms with E-state index in [0.717, 1.165) is 0 Å². The number of hydrogen-bond acceptors (Lipinski definition) is 4. The van der Waals surface area contributed by atoms with Crippen LogP contribution in [0.15, 0.2) is 17.0 Å². The molecule has 0 saturated carbocycles. The number of phenolic OH excluding ortho intramolecular Hbond substituents is 1. The number of rotatable bonds is 1. The summed E-state index contributed by atoms with van der Waals surface area (Å²) in [6.07, 6.45) is 0. The first-order chi connectivity index (χ1) is 6.06. The number of benzene rings is 1. The SMILES string of the molecule is COC(=O)c1cc(C)c(O)c(S)c1. The summed E-state index contributed by atoms with van der Waals surface area (Å²) < 4.78 is 4.53. The van der Waals surface area contributed by atoms with Crippen LogP contribution in [-0.4, -0.2) is 18.2 Å². The topological polar surface area (TPSA) is 46.5 Å². The van der Waals surface area contributed by atoms with E-state index in [9.17, 15) is 9.90 Å². The molecule has 0 aromatic heterocycles. The maximum Gasteiger partial charge on any atom is 0.337 e. The van der Waals surface area contributed by atoms with Gasteiger partial charge in [0.2, 0.25) is 0 Å². The van der Waals surface area contributed by atoms with Crippen molar-refractivity contribution in [3.63, 3.8) is 0 Å². The number of thiol groups is 1. The fourth-order valence-corrected chi connectivity index (χ4v) is 1.31. The fraction of sp³-hybridized carbons (Fsp3) is 0.222. The van der Waals surface area contributed by atoms with Crippen LogP contribution in [0.5, 0.6) is 5.75 Å². The molecule has 0 heterocycles. The molecule has 0 spiro atoms. The van der Waals surface area contributed by atoms with Gasteiger partial charge in [0.15, 0.2) is 0 Å². The Morgan fingerprint density at radius 1 is 1.54 bits per heavy atom. The van der Waals surface area contributed by atoms with Gasteiger partial charge in [-0.15, -0.1) is 12.6 Å². The van der Waals surface area contributed by atoms with E-state index in [-0.39, 0.29) is 5.75 Å². The highest BCUT2D eigenvalue weighted by atomic mass is 32.1. The Bertz CT molecular complexity index is 324. The predicted octanol–water partition coefficient (Wildman–Crippen LogP) is 1.78. The third kappa shape index (κ3) is 1.95. The molecule has 70 valence electrons. The number of hydrogen-bond donors (Lipinski definition) is 2. The van der Waals surface area contributed by atoms with E-state index in [2.05, 4.69) is 17.4 Å². The van der Waals surface area contributed by atoms with Gasteiger partial charge in [-0.3, -0.25) is 0 Å². The lowest BCUT2D eigenvalue weighted by atomic mass is 10.1. The van der Waals surface area contributed by atoms with Crippen LogP contribution in [0.3, 0.4) is 0 Å². The first-order valence-corrected chi connectivity index (χ1v) is 4.12. The molecule has 0 bridgehead atoms. The number of aromatic hydroxyl groups is 1. The minimum absolute atomic E-state index is 0.0935. The summed E-state index contributed by atoms with van der Waals surface area (Å²) >= 11 is 4.01. The van der Waals surface area contributed by atoms with Gasteiger partial charge in [-0.25, -0.2) is 4.79 Å². The molecule has 1 aromatic rings. The second kappa shape index (κ2) is 3.70. The molecule has 13 heavy (non-hydrogen) atoms. The average molecular weight is 198 g/mol. The van der Waals surface area contributed by atoms with Crippen LogP contribution >= 0.6 is 12.6 Å². The highest BCUT2D eigenvalue weighted by Crippen LogP contribution is 2.26. The monoisotopic (exact) mass is 198 g/mol. The lowest BCUT2D eigenvalue weighted by molar-refractivity contribution is 0.0600. The Labute approximate surface area is 81.8 Å². The van der Waals surface area contributed by atoms with Gasteiger partial charge < -0.3 is 9.84 Å². The number of carbonyl (C=O) groups excluding carboxylic acids is 1. The number of carbonyl (C=O) groups is 1. The van der Waals surface area contributed by atoms with Gasteiger partial charge in [-0.05, 0) is 24.6 Å². The molecule has 0 atom stereocenters. The lowest BCUT2D eigenvalue weighted by Crippen LogP contribution is -2.01. The lowest BCUT2D eigenvalue weighted by Gasteiger charge is -2.05. The normalized spacial score (nSPS) is 9.77. The second-order valence-electron chi connectivity index (χ2n) is 2.65. The summed E-state index contributed by atoms with van der Waals surface area (Å²) in [6, 6.07) is 3.03. The van der Waals surface area contributed by atoms with Crippen LogP contribution < -0.4 is 0 Å². The maximum absolute atomic E-state index is 11.1. The average Bonchev–Trinajstić information content (AvgIpc) is 2.12. The van der Waals surface area contributed by atoms with Gasteiger partial charge in [0, 0.05) is 4.90 Å². The van der Waals surface area contributed by atoms with Crippen molar-refractivity contribution in [2.75, 3.05) is 7.11 Å². The quantitative estimate of drug-likeness (QED) is 0.534. The molecule has 0 radical (unpaired) electrons. The predicted molar refractivity (Wildman–Crippen MR) is 51.4 cm³/mol. The van der Waals surface area contributed by atoms with Gasteiger partial charge in [-0.2, -0.15) is 0 Å². The molecule has 0 saturated heterocycles. The van der Waals surface area contributed by atoms with E-state index < -0.39 is 5.97 Å². The van der Waals surface area contributed by atoms with Crippen LogP contribution in [0, 0.1) is 6.92 Å². The van der Waals surface area contributed by atoms with Crippen LogP contribution in [0.4, 0.5) is 0 Å². The van der Waals surface area contributed by atoms with Crippen molar-refractivity contribution in [1.29, 1.82) is 0 Å². The number of phenols is 1. The van der Waals surface area contributed by atoms with E-state index >= 15 is 0 Å². The minimum atomic E-state index is -0.432. The van der Waals surface area contributed by atoms with Crippen molar-refractivity contribution in [3.8, 4) is 5.75 Å². The zero-order valence-electron chi connectivity index (χ0n) is 7.37. The molecule has 0 unspecified atom stereocenters. The minimum Gasteiger partial charge on any atom is -0.507 e. The molecule has 3 nitrogen and oxygen atoms in total. The van der Waals surface area contributed by atoms with E-state index in [4.69, 9.17) is 0 Å². The number of methoxy groups -OCH3 is 1. The highest BCUT2D eigenvalue weighted by Gasteiger charge is 2.09. The summed E-state index contributed by atoms with van der Waals surface area (Å²) in [5.74, 6) is -0.339. The van der Waals surface area contributed by atoms with Crippen molar-refractivity contribution in [3.05, 3.63) is 23.3 Å². The standard InChI is InChI=1S/C9H10O3S/c1-5-3-6(9(11)12-2)4-7(13)8(5)10/h3-4,10,13H,1-2H3. The summed E-state index contributed by atoms with van der Waals surface area (Å²) in [6.45, 7) is 1.70. The zero-order chi connectivity index (χ0) is 10.0. The van der Waals surface area contributed by atoms with Crippen molar-refractivity contribution < 1.29 is 14.6 Å². The van der Waals surface area contributed by atoms with Crippen molar-refractivity contribution in [2.45, 2.75) is 11.8 Å². The molecule has 0 aliphatic carbocycles. The first-order valence-electron chi connectivity index (χ1n) is 3.67. The summed E-state index contributed by atoms with van der Waals surface area (Å²) in [4.78, 5) is 11.5. The molecule has 0 amide bonds. The van der Waals surface area contributed by atoms with Crippen LogP contribution in [0.25, 0.3) is 0 Å². The van der Waals surface area contributed by atoms with Gasteiger partial charge in [-0.1, -0.05) is 0 Å². The van der Waals surface area contributed by atoms with Gasteiger partial charge in [0.1, 0.15) is 5.75 Å². The van der Waals surface area contributed by atoms with E-state index in [1.165, 1.54) is 13.2 Å². The molecule has 0 aliphatic rings. The molecule has 1 aromatic carbocycles. The van der Waals surface area contributed by atoms with Crippen LogP contribution in [0.1, 0.15) is 15.9 Å².